The fourth-order valence-corrected chi connectivity index (χ4v) is 5.38. The topological polar surface area (TPSA) is 26.8 Å². The molecule has 0 atom stereocenters. The van der Waals surface area contributed by atoms with Gasteiger partial charge in [-0.3, -0.25) is 14.6 Å². The minimum atomic E-state index is 0.0559. The highest BCUT2D eigenvalue weighted by Crippen LogP contribution is 2.49. The third kappa shape index (κ3) is 4.30. The number of hydrogen-bond donors (Lipinski definition) is 0. The molecule has 1 fully saturated rings. The van der Waals surface area contributed by atoms with Crippen LogP contribution in [0.4, 0.5) is 16.2 Å². The smallest absolute Gasteiger partial charge is 0.290 e. The van der Waals surface area contributed by atoms with Crippen LogP contribution in [0.2, 0.25) is 5.02 Å². The molecule has 2 aromatic rings. The summed E-state index contributed by atoms with van der Waals surface area (Å²) in [6, 6.07) is 13.8. The Morgan fingerprint density at radius 3 is 2.63 bits per heavy atom. The molecule has 4 nitrogen and oxygen atoms in total. The maximum Gasteiger partial charge on any atom is 0.290 e. The molecule has 0 spiro atoms. The highest BCUT2D eigenvalue weighted by Gasteiger charge is 2.28. The quantitative estimate of drug-likeness (QED) is 0.694. The van der Waals surface area contributed by atoms with Gasteiger partial charge < -0.3 is 4.90 Å². The molecule has 4 rings (SSSR count). The molecule has 0 N–H and O–H groups in total. The van der Waals surface area contributed by atoms with Crippen LogP contribution in [0.3, 0.4) is 0 Å². The first-order chi connectivity index (χ1) is 13.1. The summed E-state index contributed by atoms with van der Waals surface area (Å²) in [5, 5.41) is 0.703. The Labute approximate surface area is 173 Å². The molecule has 1 amide bonds. The van der Waals surface area contributed by atoms with E-state index in [0.717, 1.165) is 59.6 Å². The number of benzene rings is 2. The van der Waals surface area contributed by atoms with Crippen LogP contribution in [0.5, 0.6) is 0 Å². The fourth-order valence-electron chi connectivity index (χ4n) is 3.32. The molecule has 1 saturated heterocycles. The van der Waals surface area contributed by atoms with E-state index in [9.17, 15) is 4.79 Å². The number of rotatable bonds is 3. The number of fused-ring (bicyclic) bond motifs is 2. The largest absolute Gasteiger partial charge is 0.304 e. The van der Waals surface area contributed by atoms with Gasteiger partial charge in [-0.05, 0) is 37.4 Å². The number of carbonyl (C=O) groups excluding carboxylic acids is 1. The van der Waals surface area contributed by atoms with Gasteiger partial charge in [0.05, 0.1) is 11.4 Å². The van der Waals surface area contributed by atoms with E-state index in [0.29, 0.717) is 5.02 Å². The Bertz CT molecular complexity index is 840. The fraction of sp³-hybridized carbons (Fsp3) is 0.350. The minimum Gasteiger partial charge on any atom is -0.304 e. The number of hydrogen-bond acceptors (Lipinski definition) is 5. The van der Waals surface area contributed by atoms with Crippen molar-refractivity contribution >= 4 is 51.7 Å². The number of carbonyl (C=O) groups is 1. The van der Waals surface area contributed by atoms with E-state index in [4.69, 9.17) is 11.6 Å². The highest BCUT2D eigenvalue weighted by atomic mass is 35.5. The van der Waals surface area contributed by atoms with Crippen molar-refractivity contribution in [3.63, 3.8) is 0 Å². The van der Waals surface area contributed by atoms with Crippen LogP contribution in [0.1, 0.15) is 0 Å². The molecule has 0 saturated carbocycles. The number of piperazine rings is 1. The van der Waals surface area contributed by atoms with E-state index in [1.54, 1.807) is 11.8 Å². The van der Waals surface area contributed by atoms with Crippen LogP contribution < -0.4 is 4.90 Å². The molecule has 0 unspecified atom stereocenters. The average Bonchev–Trinajstić information content (AvgIpc) is 2.67. The lowest BCUT2D eigenvalue weighted by Crippen LogP contribution is -2.45. The standard InChI is InChI=1S/C20H22ClN3OS2/c1-22-8-10-23(11-9-22)12-13-26-20(25)24-16-4-2-3-5-18(16)27-19-7-6-15(21)14-17(19)24/h2-7,14H,8-13H2,1H3. The van der Waals surface area contributed by atoms with E-state index in [1.165, 1.54) is 11.8 Å². The van der Waals surface area contributed by atoms with Crippen molar-refractivity contribution in [2.45, 2.75) is 9.79 Å². The Morgan fingerprint density at radius 1 is 1.07 bits per heavy atom. The van der Waals surface area contributed by atoms with Crippen molar-refractivity contribution in [1.82, 2.24) is 9.80 Å². The van der Waals surface area contributed by atoms with Gasteiger partial charge in [0.2, 0.25) is 0 Å². The number of likely N-dealkylation sites (N-methyl/N-ethyl adjacent to an activating group) is 1. The van der Waals surface area contributed by atoms with E-state index in [2.05, 4.69) is 22.9 Å². The van der Waals surface area contributed by atoms with Crippen LogP contribution in [-0.4, -0.2) is 60.6 Å². The van der Waals surface area contributed by atoms with Crippen LogP contribution in [0.25, 0.3) is 0 Å². The summed E-state index contributed by atoms with van der Waals surface area (Å²) in [4.78, 5) is 21.9. The SMILES string of the molecule is CN1CCN(CCSC(=O)N2c3ccccc3Sc3ccc(Cl)cc32)CC1. The Balaban J connectivity index is 1.49. The summed E-state index contributed by atoms with van der Waals surface area (Å²) in [6.07, 6.45) is 0. The predicted molar refractivity (Wildman–Crippen MR) is 116 cm³/mol. The summed E-state index contributed by atoms with van der Waals surface area (Å²) in [6.45, 7) is 5.29. The van der Waals surface area contributed by atoms with E-state index in [1.807, 2.05) is 41.3 Å². The Kier molecular flexibility index (Phi) is 5.99. The van der Waals surface area contributed by atoms with Crippen LogP contribution in [0, 0.1) is 0 Å². The van der Waals surface area contributed by atoms with Gasteiger partial charge in [-0.25, -0.2) is 0 Å². The number of anilines is 2. The van der Waals surface area contributed by atoms with Gasteiger partial charge in [-0.15, -0.1) is 0 Å². The van der Waals surface area contributed by atoms with E-state index in [-0.39, 0.29) is 5.24 Å². The Morgan fingerprint density at radius 2 is 1.81 bits per heavy atom. The van der Waals surface area contributed by atoms with Crippen LogP contribution in [-0.2, 0) is 0 Å². The molecule has 7 heteroatoms. The monoisotopic (exact) mass is 419 g/mol. The zero-order valence-electron chi connectivity index (χ0n) is 15.2. The molecule has 142 valence electrons. The van der Waals surface area contributed by atoms with Crippen molar-refractivity contribution in [3.8, 4) is 0 Å². The lowest BCUT2D eigenvalue weighted by molar-refractivity contribution is 0.161. The number of thioether (sulfide) groups is 1. The van der Waals surface area contributed by atoms with Gasteiger partial charge in [0.1, 0.15) is 0 Å². The van der Waals surface area contributed by atoms with Crippen molar-refractivity contribution in [3.05, 3.63) is 47.5 Å². The first-order valence-corrected chi connectivity index (χ1v) is 11.2. The molecule has 2 heterocycles. The van der Waals surface area contributed by atoms with Gasteiger partial charge >= 0.3 is 0 Å². The van der Waals surface area contributed by atoms with Crippen molar-refractivity contribution in [2.24, 2.45) is 0 Å². The highest BCUT2D eigenvalue weighted by molar-refractivity contribution is 8.14. The zero-order valence-corrected chi connectivity index (χ0v) is 17.6. The van der Waals surface area contributed by atoms with Gasteiger partial charge in [-0.2, -0.15) is 0 Å². The summed E-state index contributed by atoms with van der Waals surface area (Å²) in [7, 11) is 2.16. The molecule has 2 aliphatic heterocycles. The van der Waals surface area contributed by atoms with Crippen LogP contribution in [0.15, 0.2) is 52.3 Å². The first kappa shape index (κ1) is 19.2. The van der Waals surface area contributed by atoms with Crippen molar-refractivity contribution < 1.29 is 4.79 Å². The zero-order chi connectivity index (χ0) is 18.8. The third-order valence-electron chi connectivity index (χ3n) is 4.90. The lowest BCUT2D eigenvalue weighted by atomic mass is 10.2. The number of amides is 1. The Hall–Kier alpha value is -1.18. The third-order valence-corrected chi connectivity index (χ3v) is 7.08. The average molecular weight is 420 g/mol. The van der Waals surface area contributed by atoms with E-state index >= 15 is 0 Å². The summed E-state index contributed by atoms with van der Waals surface area (Å²) < 4.78 is 0. The molecular weight excluding hydrogens is 398 g/mol. The van der Waals surface area contributed by atoms with Crippen LogP contribution >= 0.6 is 35.1 Å². The molecular formula is C20H22ClN3OS2. The summed E-state index contributed by atoms with van der Waals surface area (Å²) in [5.74, 6) is 0.796. The minimum absolute atomic E-state index is 0.0559. The molecule has 27 heavy (non-hydrogen) atoms. The second-order valence-electron chi connectivity index (χ2n) is 6.78. The van der Waals surface area contributed by atoms with Gasteiger partial charge in [0.15, 0.2) is 0 Å². The summed E-state index contributed by atoms with van der Waals surface area (Å²) >= 11 is 9.30. The second-order valence-corrected chi connectivity index (χ2v) is 9.34. The maximum absolute atomic E-state index is 13.1. The normalized spacial score (nSPS) is 17.5. The maximum atomic E-state index is 13.1. The second kappa shape index (κ2) is 8.45. The molecule has 2 aliphatic rings. The molecule has 0 aromatic heterocycles. The molecule has 0 radical (unpaired) electrons. The van der Waals surface area contributed by atoms with Gasteiger partial charge in [0.25, 0.3) is 5.24 Å². The molecule has 0 bridgehead atoms. The summed E-state index contributed by atoms with van der Waals surface area (Å²) in [5.41, 5.74) is 1.82. The van der Waals surface area contributed by atoms with Crippen molar-refractivity contribution in [1.29, 1.82) is 0 Å². The number of para-hydroxylation sites is 1. The lowest BCUT2D eigenvalue weighted by Gasteiger charge is -2.33. The predicted octanol–water partition coefficient (Wildman–Crippen LogP) is 5.04. The number of nitrogens with zero attached hydrogens (tertiary/aromatic N) is 3. The first-order valence-electron chi connectivity index (χ1n) is 9.06. The number of halogens is 1. The molecule has 0 aliphatic carbocycles. The van der Waals surface area contributed by atoms with Crippen molar-refractivity contribution in [2.75, 3.05) is 50.4 Å². The molecule has 2 aromatic carbocycles. The van der Waals surface area contributed by atoms with E-state index < -0.39 is 0 Å². The van der Waals surface area contributed by atoms with Gasteiger partial charge in [-0.1, -0.05) is 47.3 Å². The van der Waals surface area contributed by atoms with Gasteiger partial charge in [0, 0.05) is 53.3 Å².